The Morgan fingerprint density at radius 3 is 0.699 bits per heavy atom. The summed E-state index contributed by atoms with van der Waals surface area (Å²) in [6.45, 7) is 10.7. The second-order valence-corrected chi connectivity index (χ2v) is 15.1. The number of esters is 12. The predicted molar refractivity (Wildman–Crippen MR) is 243 cm³/mol. The van der Waals surface area contributed by atoms with Crippen molar-refractivity contribution in [3.05, 3.63) is 35.4 Å². The fourth-order valence-electron chi connectivity index (χ4n) is 6.65. The van der Waals surface area contributed by atoms with Gasteiger partial charge in [0.25, 0.3) is 0 Å². The van der Waals surface area contributed by atoms with Crippen molar-refractivity contribution in [1.82, 2.24) is 0 Å². The predicted octanol–water partition coefficient (Wildman–Crippen LogP) is 6.44. The molecule has 0 bridgehead atoms. The van der Waals surface area contributed by atoms with Crippen LogP contribution in [-0.4, -0.2) is 71.6 Å². The summed E-state index contributed by atoms with van der Waals surface area (Å²) in [4.78, 5) is 155. The minimum atomic E-state index is -1.29. The molecule has 4 rings (SSSR count). The second-order valence-electron chi connectivity index (χ2n) is 14.7. The largest absolute Gasteiger partial charge is 0.426 e. The van der Waals surface area contributed by atoms with E-state index in [1.165, 1.54) is 0 Å². The molecule has 24 nitrogen and oxygen atoms in total. The fourth-order valence-corrected chi connectivity index (χ4v) is 6.92. The summed E-state index contributed by atoms with van der Waals surface area (Å²) in [5.74, 6) is -22.9. The van der Waals surface area contributed by atoms with E-state index in [9.17, 15) is 57.5 Å². The third-order valence-electron chi connectivity index (χ3n) is 8.37. The Bertz CT molecular complexity index is 3000. The van der Waals surface area contributed by atoms with Gasteiger partial charge in [-0.3, -0.25) is 57.5 Å². The molecule has 0 spiro atoms. The third kappa shape index (κ3) is 14.4. The maximum Gasteiger partial charge on any atom is 0.308 e. The van der Waals surface area contributed by atoms with Crippen LogP contribution in [0.15, 0.2) is 30.3 Å². The van der Waals surface area contributed by atoms with Crippen LogP contribution in [0, 0.1) is 0 Å². The Morgan fingerprint density at radius 1 is 0.247 bits per heavy atom. The van der Waals surface area contributed by atoms with E-state index in [1.807, 2.05) is 0 Å². The van der Waals surface area contributed by atoms with E-state index in [0.717, 1.165) is 113 Å². The molecular weight excluding hydrogens is 996 g/mol. The summed E-state index contributed by atoms with van der Waals surface area (Å²) in [5.41, 5.74) is -4.73. The highest BCUT2D eigenvalue weighted by atomic mass is 35.5. The molecule has 4 aromatic carbocycles. The van der Waals surface area contributed by atoms with Crippen LogP contribution in [-0.2, 0) is 57.5 Å². The van der Waals surface area contributed by atoms with Crippen molar-refractivity contribution >= 4 is 83.2 Å². The second kappa shape index (κ2) is 23.6. The lowest BCUT2D eigenvalue weighted by molar-refractivity contribution is -0.134. The molecule has 0 N–H and O–H groups in total. The number of carbonyl (C=O) groups excluding carboxylic acids is 12. The Hall–Kier alpha value is -9.19. The first-order chi connectivity index (χ1) is 34.0. The molecule has 0 atom stereocenters. The lowest BCUT2D eigenvalue weighted by atomic mass is 9.89. The topological polar surface area (TPSA) is 316 Å². The van der Waals surface area contributed by atoms with Crippen molar-refractivity contribution in [2.45, 2.75) is 83.1 Å². The third-order valence-corrected chi connectivity index (χ3v) is 8.72. The molecule has 25 heteroatoms. The van der Waals surface area contributed by atoms with Gasteiger partial charge in [-0.15, -0.1) is 0 Å². The first-order valence-electron chi connectivity index (χ1n) is 20.7. The van der Waals surface area contributed by atoms with Gasteiger partial charge in [0.15, 0.2) is 23.0 Å². The standard InChI is InChI=1S/C48H41ClO24/c1-18(50)62-30-13-32(64-20(3)52)38(33(14-30)65-21(4)53)40-36(68-24(7)56)17-37(69-25(8)57)41(45(40)70-26(9)58)43-46(71-27(10)59)42(47(72-28(11)60)44(49)48(43)73-29(12)61)39-34(66-22(5)54)15-31(63-19(2)51)16-35(39)67-23(6)55/h13-17H,1-12H3. The number of hydrogen-bond donors (Lipinski definition) is 0. The molecule has 73 heavy (non-hydrogen) atoms. The van der Waals surface area contributed by atoms with E-state index in [-0.39, 0.29) is 0 Å². The number of halogens is 1. The Morgan fingerprint density at radius 2 is 0.438 bits per heavy atom. The van der Waals surface area contributed by atoms with Gasteiger partial charge in [-0.1, -0.05) is 11.6 Å². The van der Waals surface area contributed by atoms with Crippen LogP contribution in [0.25, 0.3) is 33.4 Å². The quantitative estimate of drug-likeness (QED) is 0.0912. The average molecular weight is 1040 g/mol. The minimum absolute atomic E-state index is 0.428. The van der Waals surface area contributed by atoms with Crippen LogP contribution in [0.2, 0.25) is 5.02 Å². The minimum Gasteiger partial charge on any atom is -0.426 e. The van der Waals surface area contributed by atoms with Gasteiger partial charge in [-0.2, -0.15) is 0 Å². The van der Waals surface area contributed by atoms with Crippen LogP contribution >= 0.6 is 11.6 Å². The summed E-state index contributed by atoms with van der Waals surface area (Å²) in [7, 11) is 0. The van der Waals surface area contributed by atoms with Crippen LogP contribution < -0.4 is 56.8 Å². The average Bonchev–Trinajstić information content (AvgIpc) is 3.19. The lowest BCUT2D eigenvalue weighted by Gasteiger charge is -2.27. The van der Waals surface area contributed by atoms with Gasteiger partial charge in [0, 0.05) is 113 Å². The molecule has 0 aliphatic rings. The number of ether oxygens (including phenoxy) is 12. The number of rotatable bonds is 15. The van der Waals surface area contributed by atoms with E-state index >= 15 is 0 Å². The maximum absolute atomic E-state index is 13.6. The van der Waals surface area contributed by atoms with Gasteiger partial charge in [-0.05, 0) is 0 Å². The summed E-state index contributed by atoms with van der Waals surface area (Å²) in [6.07, 6.45) is 0. The zero-order chi connectivity index (χ0) is 54.9. The zero-order valence-electron chi connectivity index (χ0n) is 40.6. The van der Waals surface area contributed by atoms with Crippen molar-refractivity contribution in [2.75, 3.05) is 0 Å². The number of hydrogen-bond acceptors (Lipinski definition) is 24. The van der Waals surface area contributed by atoms with Crippen molar-refractivity contribution in [2.24, 2.45) is 0 Å². The van der Waals surface area contributed by atoms with E-state index in [0.29, 0.717) is 0 Å². The molecule has 0 fully saturated rings. The van der Waals surface area contributed by atoms with Crippen LogP contribution in [0.1, 0.15) is 83.1 Å². The van der Waals surface area contributed by atoms with E-state index in [4.69, 9.17) is 68.4 Å². The first-order valence-corrected chi connectivity index (χ1v) is 21.1. The molecule has 0 unspecified atom stereocenters. The SMILES string of the molecule is CC(=O)Oc1cc(OC(C)=O)c(-c2c(OC(C)=O)cc(OC(C)=O)c(-c3c(OC(C)=O)c(Cl)c(OC(C)=O)c(-c4c(OC(C)=O)cc(OC(C)=O)cc4OC(C)=O)c3OC(C)=O)c2OC(C)=O)c(OC(C)=O)c1. The Balaban J connectivity index is 2.69. The van der Waals surface area contributed by atoms with Crippen molar-refractivity contribution in [1.29, 1.82) is 0 Å². The molecule has 0 aliphatic heterocycles. The van der Waals surface area contributed by atoms with Gasteiger partial charge in [0.2, 0.25) is 0 Å². The van der Waals surface area contributed by atoms with E-state index in [2.05, 4.69) is 0 Å². The van der Waals surface area contributed by atoms with E-state index in [1.54, 1.807) is 0 Å². The summed E-state index contributed by atoms with van der Waals surface area (Å²) in [6, 6.07) is 4.43. The van der Waals surface area contributed by atoms with Gasteiger partial charge in [0.1, 0.15) is 51.0 Å². The van der Waals surface area contributed by atoms with E-state index < -0.39 is 179 Å². The first kappa shape index (κ1) is 56.4. The monoisotopic (exact) mass is 1040 g/mol. The van der Waals surface area contributed by atoms with Gasteiger partial charge >= 0.3 is 71.6 Å². The fraction of sp³-hybridized carbons (Fsp3) is 0.250. The summed E-state index contributed by atoms with van der Waals surface area (Å²) >= 11 is 7.11. The maximum atomic E-state index is 13.6. The summed E-state index contributed by atoms with van der Waals surface area (Å²) < 4.78 is 66.7. The van der Waals surface area contributed by atoms with Gasteiger partial charge in [-0.25, -0.2) is 0 Å². The molecule has 0 saturated carbocycles. The van der Waals surface area contributed by atoms with Gasteiger partial charge < -0.3 is 56.8 Å². The molecule has 0 heterocycles. The normalized spacial score (nSPS) is 10.4. The molecule has 0 amide bonds. The molecular formula is C48H41ClO24. The number of carbonyl (C=O) groups is 12. The zero-order valence-corrected chi connectivity index (χ0v) is 41.3. The smallest absolute Gasteiger partial charge is 0.308 e. The highest BCUT2D eigenvalue weighted by molar-refractivity contribution is 6.35. The van der Waals surface area contributed by atoms with Crippen molar-refractivity contribution < 1.29 is 114 Å². The van der Waals surface area contributed by atoms with Crippen LogP contribution in [0.3, 0.4) is 0 Å². The molecule has 4 aromatic rings. The Labute approximate surface area is 417 Å². The van der Waals surface area contributed by atoms with Crippen LogP contribution in [0.5, 0.6) is 69.0 Å². The molecule has 0 saturated heterocycles. The molecule has 0 aromatic heterocycles. The highest BCUT2D eigenvalue weighted by Crippen LogP contribution is 2.64. The number of benzene rings is 4. The molecule has 384 valence electrons. The lowest BCUT2D eigenvalue weighted by Crippen LogP contribution is -2.16. The highest BCUT2D eigenvalue weighted by Gasteiger charge is 2.40. The van der Waals surface area contributed by atoms with Crippen LogP contribution in [0.4, 0.5) is 0 Å². The van der Waals surface area contributed by atoms with Gasteiger partial charge in [0.05, 0.1) is 33.4 Å². The molecule has 0 radical (unpaired) electrons. The summed E-state index contributed by atoms with van der Waals surface area (Å²) in [5, 5.41) is -0.946. The van der Waals surface area contributed by atoms with Crippen molar-refractivity contribution in [3.63, 3.8) is 0 Å². The Kier molecular flexibility index (Phi) is 18.2. The molecule has 0 aliphatic carbocycles. The van der Waals surface area contributed by atoms with Crippen molar-refractivity contribution in [3.8, 4) is 102 Å².